The lowest BCUT2D eigenvalue weighted by molar-refractivity contribution is -0.178. The van der Waals surface area contributed by atoms with Crippen LogP contribution in [-0.2, 0) is 42.0 Å². The molecular formula is C33H42N2O8S. The van der Waals surface area contributed by atoms with Crippen LogP contribution in [0.2, 0.25) is 0 Å². The molecule has 0 radical (unpaired) electrons. The second-order valence-electron chi connectivity index (χ2n) is 13.2. The van der Waals surface area contributed by atoms with Gasteiger partial charge in [0.25, 0.3) is 5.91 Å². The van der Waals surface area contributed by atoms with E-state index < -0.39 is 28.0 Å². The Morgan fingerprint density at radius 1 is 1.09 bits per heavy atom. The largest absolute Gasteiger partial charge is 0.462 e. The van der Waals surface area contributed by atoms with Crippen LogP contribution in [0.4, 0.5) is 0 Å². The van der Waals surface area contributed by atoms with Gasteiger partial charge in [0.15, 0.2) is 6.29 Å². The zero-order valence-electron chi connectivity index (χ0n) is 25.5. The first-order valence-corrected chi connectivity index (χ1v) is 17.0. The number of ether oxygens (including phenoxy) is 3. The van der Waals surface area contributed by atoms with E-state index in [1.807, 2.05) is 44.2 Å². The van der Waals surface area contributed by atoms with Crippen LogP contribution in [0.1, 0.15) is 48.2 Å². The number of carbonyl (C=O) groups excluding carboxylic acids is 2. The number of aliphatic hydroxyl groups is 1. The molecule has 10 nitrogen and oxygen atoms in total. The zero-order valence-corrected chi connectivity index (χ0v) is 26.3. The van der Waals surface area contributed by atoms with Crippen LogP contribution in [0.3, 0.4) is 0 Å². The molecule has 4 aliphatic rings. The molecular weight excluding hydrogens is 584 g/mol. The first-order valence-electron chi connectivity index (χ1n) is 15.5. The average molecular weight is 627 g/mol. The summed E-state index contributed by atoms with van der Waals surface area (Å²) >= 11 is 0. The highest BCUT2D eigenvalue weighted by Gasteiger charge is 2.56. The van der Waals surface area contributed by atoms with Gasteiger partial charge < -0.3 is 24.2 Å². The maximum absolute atomic E-state index is 14.0. The first-order chi connectivity index (χ1) is 21.0. The Morgan fingerprint density at radius 3 is 2.59 bits per heavy atom. The Bertz CT molecular complexity index is 1480. The third kappa shape index (κ3) is 6.17. The number of rotatable bonds is 12. The minimum atomic E-state index is -4.02. The Morgan fingerprint density at radius 2 is 1.84 bits per heavy atom. The molecule has 1 aliphatic carbocycles. The Hall–Kier alpha value is -2.83. The van der Waals surface area contributed by atoms with Crippen molar-refractivity contribution in [2.24, 2.45) is 29.6 Å². The molecule has 11 heteroatoms. The number of aliphatic hydroxyl groups excluding tert-OH is 1. The van der Waals surface area contributed by atoms with Crippen molar-refractivity contribution in [3.8, 4) is 0 Å². The van der Waals surface area contributed by atoms with E-state index in [4.69, 9.17) is 14.2 Å². The predicted molar refractivity (Wildman–Crippen MR) is 161 cm³/mol. The summed E-state index contributed by atoms with van der Waals surface area (Å²) in [4.78, 5) is 27.4. The van der Waals surface area contributed by atoms with E-state index >= 15 is 0 Å². The van der Waals surface area contributed by atoms with Crippen LogP contribution < -0.4 is 0 Å². The topological polar surface area (TPSA) is 123 Å². The highest BCUT2D eigenvalue weighted by molar-refractivity contribution is 7.89. The van der Waals surface area contributed by atoms with Gasteiger partial charge in [-0.15, -0.1) is 0 Å². The lowest BCUT2D eigenvalue weighted by Gasteiger charge is -2.31. The fourth-order valence-corrected chi connectivity index (χ4v) is 8.98. The van der Waals surface area contributed by atoms with Gasteiger partial charge in [-0.3, -0.25) is 9.59 Å². The molecule has 44 heavy (non-hydrogen) atoms. The van der Waals surface area contributed by atoms with Gasteiger partial charge in [0.05, 0.1) is 30.6 Å². The van der Waals surface area contributed by atoms with Crippen molar-refractivity contribution in [2.75, 3.05) is 33.4 Å². The molecule has 0 spiro atoms. The molecule has 1 saturated carbocycles. The summed E-state index contributed by atoms with van der Waals surface area (Å²) in [7, 11) is -2.34. The van der Waals surface area contributed by atoms with Crippen LogP contribution in [-0.4, -0.2) is 86.5 Å². The number of hydrogen-bond donors (Lipinski definition) is 1. The Balaban J connectivity index is 1.21. The van der Waals surface area contributed by atoms with E-state index in [1.165, 1.54) is 10.4 Å². The molecule has 6 rings (SSSR count). The van der Waals surface area contributed by atoms with Crippen molar-refractivity contribution in [2.45, 2.75) is 63.0 Å². The summed E-state index contributed by atoms with van der Waals surface area (Å²) in [5.74, 6) is -0.642. The molecule has 3 heterocycles. The van der Waals surface area contributed by atoms with E-state index in [-0.39, 0.29) is 66.4 Å². The summed E-state index contributed by atoms with van der Waals surface area (Å²) in [6.07, 6.45) is -0.382. The number of sulfonamides is 1. The van der Waals surface area contributed by atoms with Gasteiger partial charge in [0, 0.05) is 55.9 Å². The predicted octanol–water partition coefficient (Wildman–Crippen LogP) is 3.08. The molecule has 1 N–H and O–H groups in total. The molecule has 2 saturated heterocycles. The van der Waals surface area contributed by atoms with Crippen molar-refractivity contribution >= 4 is 21.9 Å². The molecule has 2 bridgehead atoms. The minimum absolute atomic E-state index is 0.0157. The summed E-state index contributed by atoms with van der Waals surface area (Å²) in [5, 5.41) is 11.6. The van der Waals surface area contributed by atoms with Gasteiger partial charge in [-0.25, -0.2) is 8.42 Å². The summed E-state index contributed by atoms with van der Waals surface area (Å²) in [6.45, 7) is 5.20. The summed E-state index contributed by atoms with van der Waals surface area (Å²) in [5.41, 5.74) is 2.10. The third-order valence-electron chi connectivity index (χ3n) is 9.53. The molecule has 5 unspecified atom stereocenters. The smallest absolute Gasteiger partial charge is 0.306 e. The third-order valence-corrected chi connectivity index (χ3v) is 11.4. The number of carbonyl (C=O) groups is 2. The van der Waals surface area contributed by atoms with E-state index in [0.29, 0.717) is 37.3 Å². The van der Waals surface area contributed by atoms with Gasteiger partial charge in [-0.1, -0.05) is 44.2 Å². The second kappa shape index (κ2) is 12.5. The molecule has 1 amide bonds. The molecule has 0 aromatic heterocycles. The standard InChI is InChI=1S/C33H42N2O8S/c1-20(2)15-35(44(39,40)25-9-10-26-23(12-25)16-34(3)32(26)38)17-29(36)22(11-21-7-5-4-6-8-21)14-30(37)43-31-24-13-27-28(31)19-42-33(27)41-18-24/h4-10,12,20,22,24,27-29,31,33,36H,11,13-19H2,1-3H3/t22-,24?,27?,28?,29-,31?,33?/m1/s1. The monoisotopic (exact) mass is 626 g/mol. The number of esters is 1. The van der Waals surface area contributed by atoms with E-state index in [9.17, 15) is 23.1 Å². The van der Waals surface area contributed by atoms with Crippen molar-refractivity contribution in [3.05, 3.63) is 65.2 Å². The lowest BCUT2D eigenvalue weighted by Crippen LogP contribution is -2.43. The number of benzene rings is 2. The Kier molecular flexibility index (Phi) is 8.87. The molecule has 7 atom stereocenters. The summed E-state index contributed by atoms with van der Waals surface area (Å²) in [6, 6.07) is 14.2. The van der Waals surface area contributed by atoms with Gasteiger partial charge in [-0.05, 0) is 48.1 Å². The van der Waals surface area contributed by atoms with E-state index in [0.717, 1.165) is 12.0 Å². The zero-order chi connectivity index (χ0) is 31.2. The highest BCUT2D eigenvalue weighted by Crippen LogP contribution is 2.49. The number of nitrogens with zero attached hydrogens (tertiary/aromatic N) is 2. The number of hydrogen-bond acceptors (Lipinski definition) is 8. The second-order valence-corrected chi connectivity index (χ2v) is 15.2. The highest BCUT2D eigenvalue weighted by atomic mass is 32.2. The molecule has 3 fully saturated rings. The first kappa shape index (κ1) is 31.2. The van der Waals surface area contributed by atoms with Crippen molar-refractivity contribution in [3.63, 3.8) is 0 Å². The summed E-state index contributed by atoms with van der Waals surface area (Å²) < 4.78 is 46.9. The fourth-order valence-electron chi connectivity index (χ4n) is 7.31. The van der Waals surface area contributed by atoms with Crippen molar-refractivity contribution in [1.29, 1.82) is 0 Å². The van der Waals surface area contributed by atoms with Crippen LogP contribution >= 0.6 is 0 Å². The van der Waals surface area contributed by atoms with E-state index in [2.05, 4.69) is 0 Å². The van der Waals surface area contributed by atoms with Crippen molar-refractivity contribution in [1.82, 2.24) is 9.21 Å². The quantitative estimate of drug-likeness (QED) is 0.357. The number of fused-ring (bicyclic) bond motifs is 2. The maximum Gasteiger partial charge on any atom is 0.306 e. The molecule has 2 aromatic carbocycles. The van der Waals surface area contributed by atoms with Crippen LogP contribution in [0.25, 0.3) is 0 Å². The maximum atomic E-state index is 14.0. The van der Waals surface area contributed by atoms with Gasteiger partial charge in [0.2, 0.25) is 10.0 Å². The molecule has 2 aromatic rings. The normalized spacial score (nSPS) is 27.2. The molecule has 238 valence electrons. The van der Waals surface area contributed by atoms with Crippen molar-refractivity contribution < 1.29 is 37.3 Å². The van der Waals surface area contributed by atoms with E-state index in [1.54, 1.807) is 24.1 Å². The lowest BCUT2D eigenvalue weighted by atomic mass is 9.90. The number of amides is 1. The average Bonchev–Trinajstić information content (AvgIpc) is 3.62. The SMILES string of the molecule is CC(C)CN(C[C@@H](O)[C@@H](CC(=O)OC1C2COC3OCC1C3C2)Cc1ccccc1)S(=O)(=O)c1ccc2c(c1)CN(C)C2=O. The Labute approximate surface area is 259 Å². The fraction of sp³-hybridized carbons (Fsp3) is 0.576. The van der Waals surface area contributed by atoms with Gasteiger partial charge in [0.1, 0.15) is 6.10 Å². The van der Waals surface area contributed by atoms with Crippen LogP contribution in [0.5, 0.6) is 0 Å². The minimum Gasteiger partial charge on any atom is -0.462 e. The molecule has 3 aliphatic heterocycles. The van der Waals surface area contributed by atoms with Gasteiger partial charge >= 0.3 is 5.97 Å². The van der Waals surface area contributed by atoms with Crippen LogP contribution in [0.15, 0.2) is 53.4 Å². The van der Waals surface area contributed by atoms with Gasteiger partial charge in [-0.2, -0.15) is 4.31 Å². The van der Waals surface area contributed by atoms with Crippen LogP contribution in [0, 0.1) is 29.6 Å².